The number of likely N-dealkylation sites (tertiary alicyclic amines) is 1. The summed E-state index contributed by atoms with van der Waals surface area (Å²) in [6, 6.07) is 5.80. The normalized spacial score (nSPS) is 24.3. The van der Waals surface area contributed by atoms with Gasteiger partial charge in [-0.15, -0.1) is 0 Å². The van der Waals surface area contributed by atoms with E-state index in [4.69, 9.17) is 14.2 Å². The molecule has 0 aromatic heterocycles. The van der Waals surface area contributed by atoms with Crippen LogP contribution in [0.1, 0.15) is 46.1 Å². The van der Waals surface area contributed by atoms with Crippen LogP contribution in [0.3, 0.4) is 0 Å². The van der Waals surface area contributed by atoms with Crippen molar-refractivity contribution in [3.63, 3.8) is 0 Å². The molecule has 0 spiro atoms. The number of aliphatic hydroxyl groups excluding tert-OH is 1. The Bertz CT molecular complexity index is 652. The van der Waals surface area contributed by atoms with Gasteiger partial charge >= 0.3 is 6.09 Å². The van der Waals surface area contributed by atoms with Gasteiger partial charge in [-0.1, -0.05) is 13.0 Å². The smallest absolute Gasteiger partial charge is 0.409 e. The second-order valence-electron chi connectivity index (χ2n) is 8.21. The summed E-state index contributed by atoms with van der Waals surface area (Å²) in [7, 11) is 2.98. The van der Waals surface area contributed by atoms with Crippen molar-refractivity contribution in [1.29, 1.82) is 0 Å². The number of methoxy groups -OCH3 is 2. The van der Waals surface area contributed by atoms with E-state index in [0.29, 0.717) is 24.6 Å². The summed E-state index contributed by atoms with van der Waals surface area (Å²) in [5.74, 6) is 1.27. The SMILES string of the molecule is COC(=O)N1CC(c2ccc(OC)c(OC(C)(C)C)c2)C(C)([C@H](C)O)C1. The average molecular weight is 365 g/mol. The standard InChI is InChI=1S/C20H31NO5/c1-13(22)20(5)12-21(18(23)25-7)11-15(20)14-8-9-16(24-6)17(10-14)26-19(2,3)4/h8-10,13,15,22H,11-12H2,1-7H3/t13-,15?,20?/m0/s1. The number of carbonyl (C=O) groups is 1. The molecule has 1 aliphatic heterocycles. The molecule has 2 rings (SSSR count). The van der Waals surface area contributed by atoms with Crippen molar-refractivity contribution in [3.8, 4) is 11.5 Å². The third-order valence-electron chi connectivity index (χ3n) is 5.12. The second kappa shape index (κ2) is 7.35. The molecule has 2 unspecified atom stereocenters. The van der Waals surface area contributed by atoms with Crippen LogP contribution in [0, 0.1) is 5.41 Å². The second-order valence-corrected chi connectivity index (χ2v) is 8.21. The van der Waals surface area contributed by atoms with Crippen LogP contribution < -0.4 is 9.47 Å². The number of rotatable bonds is 4. The topological polar surface area (TPSA) is 68.2 Å². The Kier molecular flexibility index (Phi) is 5.76. The molecule has 1 heterocycles. The van der Waals surface area contributed by atoms with Crippen molar-refractivity contribution < 1.29 is 24.1 Å². The lowest BCUT2D eigenvalue weighted by atomic mass is 9.72. The lowest BCUT2D eigenvalue weighted by Crippen LogP contribution is -2.38. The largest absolute Gasteiger partial charge is 0.493 e. The van der Waals surface area contributed by atoms with Gasteiger partial charge in [0.05, 0.1) is 20.3 Å². The zero-order chi connectivity index (χ0) is 19.7. The van der Waals surface area contributed by atoms with Crippen LogP contribution in [0.5, 0.6) is 11.5 Å². The summed E-state index contributed by atoms with van der Waals surface area (Å²) >= 11 is 0. The first-order valence-electron chi connectivity index (χ1n) is 8.89. The van der Waals surface area contributed by atoms with Crippen LogP contribution in [0.4, 0.5) is 4.79 Å². The van der Waals surface area contributed by atoms with E-state index in [0.717, 1.165) is 5.56 Å². The molecule has 0 saturated carbocycles. The highest BCUT2D eigenvalue weighted by Crippen LogP contribution is 2.47. The van der Waals surface area contributed by atoms with Crippen molar-refractivity contribution in [2.45, 2.75) is 52.2 Å². The quantitative estimate of drug-likeness (QED) is 0.885. The number of nitrogens with zero attached hydrogens (tertiary/aromatic N) is 1. The van der Waals surface area contributed by atoms with Crippen LogP contribution >= 0.6 is 0 Å². The summed E-state index contributed by atoms with van der Waals surface area (Å²) in [6.45, 7) is 10.6. The van der Waals surface area contributed by atoms with Gasteiger partial charge in [-0.05, 0) is 45.4 Å². The Morgan fingerprint density at radius 1 is 1.31 bits per heavy atom. The lowest BCUT2D eigenvalue weighted by Gasteiger charge is -2.34. The van der Waals surface area contributed by atoms with E-state index >= 15 is 0 Å². The molecule has 1 saturated heterocycles. The van der Waals surface area contributed by atoms with E-state index in [1.807, 2.05) is 45.9 Å². The van der Waals surface area contributed by atoms with E-state index in [1.165, 1.54) is 7.11 Å². The van der Waals surface area contributed by atoms with Crippen LogP contribution in [-0.2, 0) is 4.74 Å². The Labute approximate surface area is 156 Å². The van der Waals surface area contributed by atoms with Crippen LogP contribution in [0.15, 0.2) is 18.2 Å². The monoisotopic (exact) mass is 365 g/mol. The first kappa shape index (κ1) is 20.4. The van der Waals surface area contributed by atoms with Gasteiger partial charge in [0.1, 0.15) is 5.60 Å². The maximum atomic E-state index is 12.0. The van der Waals surface area contributed by atoms with Gasteiger partial charge in [0.15, 0.2) is 11.5 Å². The van der Waals surface area contributed by atoms with Gasteiger partial charge in [0, 0.05) is 24.4 Å². The zero-order valence-corrected chi connectivity index (χ0v) is 16.8. The molecule has 6 nitrogen and oxygen atoms in total. The molecule has 3 atom stereocenters. The molecule has 1 N–H and O–H groups in total. The summed E-state index contributed by atoms with van der Waals surface area (Å²) in [4.78, 5) is 13.7. The fourth-order valence-electron chi connectivity index (χ4n) is 3.51. The maximum absolute atomic E-state index is 12.0. The summed E-state index contributed by atoms with van der Waals surface area (Å²) in [6.07, 6.45) is -0.963. The Balaban J connectivity index is 2.44. The van der Waals surface area contributed by atoms with Gasteiger partial charge in [0.2, 0.25) is 0 Å². The third kappa shape index (κ3) is 4.06. The number of carbonyl (C=O) groups excluding carboxylic acids is 1. The molecule has 1 aromatic carbocycles. The predicted octanol–water partition coefficient (Wildman–Crippen LogP) is 3.43. The maximum Gasteiger partial charge on any atom is 0.409 e. The number of hydrogen-bond acceptors (Lipinski definition) is 5. The third-order valence-corrected chi connectivity index (χ3v) is 5.12. The highest BCUT2D eigenvalue weighted by molar-refractivity contribution is 5.68. The average Bonchev–Trinajstić information content (AvgIpc) is 2.92. The van der Waals surface area contributed by atoms with Crippen LogP contribution in [-0.4, -0.2) is 55.1 Å². The van der Waals surface area contributed by atoms with Gasteiger partial charge < -0.3 is 24.2 Å². The molecule has 26 heavy (non-hydrogen) atoms. The molecule has 6 heteroatoms. The Morgan fingerprint density at radius 2 is 1.96 bits per heavy atom. The number of aliphatic hydroxyl groups is 1. The highest BCUT2D eigenvalue weighted by atomic mass is 16.5. The van der Waals surface area contributed by atoms with Crippen LogP contribution in [0.2, 0.25) is 0 Å². The van der Waals surface area contributed by atoms with Crippen molar-refractivity contribution in [3.05, 3.63) is 23.8 Å². The summed E-state index contributed by atoms with van der Waals surface area (Å²) < 4.78 is 16.4. The van der Waals surface area contributed by atoms with Gasteiger partial charge in [0.25, 0.3) is 0 Å². The summed E-state index contributed by atoms with van der Waals surface area (Å²) in [5, 5.41) is 10.4. The molecule has 1 aliphatic rings. The van der Waals surface area contributed by atoms with E-state index in [1.54, 1.807) is 18.9 Å². The zero-order valence-electron chi connectivity index (χ0n) is 16.8. The van der Waals surface area contributed by atoms with Crippen molar-refractivity contribution in [1.82, 2.24) is 4.90 Å². The molecular formula is C20H31NO5. The number of hydrogen-bond donors (Lipinski definition) is 1. The molecular weight excluding hydrogens is 334 g/mol. The lowest BCUT2D eigenvalue weighted by molar-refractivity contribution is 0.0469. The first-order chi connectivity index (χ1) is 12.0. The van der Waals surface area contributed by atoms with Gasteiger partial charge in [-0.25, -0.2) is 4.79 Å². The Hall–Kier alpha value is -1.95. The molecule has 0 bridgehead atoms. The van der Waals surface area contributed by atoms with E-state index in [2.05, 4.69) is 0 Å². The van der Waals surface area contributed by atoms with E-state index in [-0.39, 0.29) is 17.6 Å². The molecule has 146 valence electrons. The molecule has 0 aliphatic carbocycles. The number of ether oxygens (including phenoxy) is 3. The van der Waals surface area contributed by atoms with E-state index < -0.39 is 11.5 Å². The van der Waals surface area contributed by atoms with Crippen LogP contribution in [0.25, 0.3) is 0 Å². The van der Waals surface area contributed by atoms with Gasteiger partial charge in [-0.2, -0.15) is 0 Å². The van der Waals surface area contributed by atoms with Crippen molar-refractivity contribution in [2.24, 2.45) is 5.41 Å². The van der Waals surface area contributed by atoms with Crippen molar-refractivity contribution in [2.75, 3.05) is 27.3 Å². The highest BCUT2D eigenvalue weighted by Gasteiger charge is 2.48. The molecule has 1 fully saturated rings. The van der Waals surface area contributed by atoms with E-state index in [9.17, 15) is 9.90 Å². The number of benzene rings is 1. The number of amides is 1. The predicted molar refractivity (Wildman–Crippen MR) is 99.9 cm³/mol. The minimum absolute atomic E-state index is 0.0465. The minimum atomic E-state index is -0.587. The molecule has 0 radical (unpaired) electrons. The van der Waals surface area contributed by atoms with Gasteiger partial charge in [-0.3, -0.25) is 0 Å². The first-order valence-corrected chi connectivity index (χ1v) is 8.89. The fraction of sp³-hybridized carbons (Fsp3) is 0.650. The minimum Gasteiger partial charge on any atom is -0.493 e. The summed E-state index contributed by atoms with van der Waals surface area (Å²) in [5.41, 5.74) is 0.148. The fourth-order valence-corrected chi connectivity index (χ4v) is 3.51. The Morgan fingerprint density at radius 3 is 2.46 bits per heavy atom. The molecule has 1 aromatic rings. The molecule has 1 amide bonds. The van der Waals surface area contributed by atoms with Crippen molar-refractivity contribution >= 4 is 6.09 Å².